The normalized spacial score (nSPS) is 13.8. The summed E-state index contributed by atoms with van der Waals surface area (Å²) in [6, 6.07) is 24.1. The Hall–Kier alpha value is -5.44. The van der Waals surface area contributed by atoms with Crippen LogP contribution in [0, 0.1) is 11.8 Å². The topological polar surface area (TPSA) is 199 Å². The molecule has 7 rings (SSSR count). The van der Waals surface area contributed by atoms with Crippen molar-refractivity contribution in [1.29, 1.82) is 0 Å². The number of hydrogen-bond donors (Lipinski definition) is 4. The average molecular weight is 929 g/mol. The molecule has 1 aliphatic carbocycles. The second kappa shape index (κ2) is 25.3. The maximum atomic E-state index is 14.3. The molecule has 4 aromatic carbocycles. The molecule has 0 bridgehead atoms. The van der Waals surface area contributed by atoms with Crippen LogP contribution in [0.4, 0.5) is 0 Å². The lowest BCUT2D eigenvalue weighted by Gasteiger charge is -2.23. The number of carbonyl (C=O) groups excluding carboxylic acids is 1. The number of nitrogens with one attached hydrogen (secondary N) is 1. The van der Waals surface area contributed by atoms with Crippen LogP contribution in [0.5, 0.6) is 11.5 Å². The van der Waals surface area contributed by atoms with Crippen molar-refractivity contribution < 1.29 is 14.3 Å². The number of ether oxygens (including phenoxy) is 2. The molecule has 16 heteroatoms. The molecule has 0 unspecified atom stereocenters. The predicted molar refractivity (Wildman–Crippen MR) is 265 cm³/mol. The number of hydrogen-bond acceptors (Lipinski definition) is 9. The molecular weight excluding hydrogens is 862 g/mol. The lowest BCUT2D eigenvalue weighted by Crippen LogP contribution is -2.42. The third-order valence-corrected chi connectivity index (χ3v) is 12.0. The summed E-state index contributed by atoms with van der Waals surface area (Å²) in [5.74, 6) is 2.51. The Morgan fingerprint density at radius 3 is 2.11 bits per heavy atom. The minimum Gasteiger partial charge on any atom is -0.493 e. The highest BCUT2D eigenvalue weighted by Gasteiger charge is 2.26. The minimum absolute atomic E-state index is 0. The highest BCUT2D eigenvalue weighted by molar-refractivity contribution is 6.09. The van der Waals surface area contributed by atoms with Crippen molar-refractivity contribution in [2.45, 2.75) is 116 Å². The van der Waals surface area contributed by atoms with Crippen LogP contribution in [0.25, 0.3) is 32.7 Å². The molecule has 1 amide bonds. The van der Waals surface area contributed by atoms with E-state index in [1.807, 2.05) is 29.1 Å². The third-order valence-electron chi connectivity index (χ3n) is 12.0. The number of guanidine groups is 1. The van der Waals surface area contributed by atoms with Crippen molar-refractivity contribution in [2.75, 3.05) is 19.7 Å². The van der Waals surface area contributed by atoms with Crippen LogP contribution < -0.4 is 32.0 Å². The molecule has 65 heavy (non-hydrogen) atoms. The summed E-state index contributed by atoms with van der Waals surface area (Å²) < 4.78 is 16.7. The van der Waals surface area contributed by atoms with Crippen LogP contribution >= 0.6 is 24.8 Å². The molecule has 7 N–H and O–H groups in total. The summed E-state index contributed by atoms with van der Waals surface area (Å²) >= 11 is 0. The molecule has 0 spiro atoms. The van der Waals surface area contributed by atoms with Gasteiger partial charge in [0.15, 0.2) is 5.96 Å². The van der Waals surface area contributed by atoms with E-state index < -0.39 is 6.04 Å². The maximum absolute atomic E-state index is 14.3. The number of nitrogens with zero attached hydrogens (tertiary/aromatic N) is 7. The van der Waals surface area contributed by atoms with Gasteiger partial charge >= 0.3 is 0 Å². The van der Waals surface area contributed by atoms with E-state index in [1.54, 1.807) is 10.9 Å². The predicted octanol–water partition coefficient (Wildman–Crippen LogP) is 8.72. The number of fused-ring (bicyclic) bond motifs is 2. The van der Waals surface area contributed by atoms with Gasteiger partial charge in [0, 0.05) is 29.9 Å². The first kappa shape index (κ1) is 50.6. The summed E-state index contributed by atoms with van der Waals surface area (Å²) in [5.41, 5.74) is 20.7. The van der Waals surface area contributed by atoms with Gasteiger partial charge in [-0.3, -0.25) is 14.5 Å². The van der Waals surface area contributed by atoms with Crippen LogP contribution in [0.15, 0.2) is 90.2 Å². The van der Waals surface area contributed by atoms with Crippen molar-refractivity contribution in [1.82, 2.24) is 35.3 Å². The number of carbonyl (C=O) groups is 1. The molecule has 0 saturated heterocycles. The molecule has 1 fully saturated rings. The maximum Gasteiger partial charge on any atom is 0.245 e. The number of unbranched alkanes of at least 4 members (excludes halogenated alkanes) is 1. The van der Waals surface area contributed by atoms with E-state index in [-0.39, 0.29) is 49.3 Å². The lowest BCUT2D eigenvalue weighted by atomic mass is 9.86. The molecule has 14 nitrogen and oxygen atoms in total. The molecule has 2 atom stereocenters. The Labute approximate surface area is 395 Å². The molecule has 6 aromatic rings. The highest BCUT2D eigenvalue weighted by Crippen LogP contribution is 2.45. The number of amides is 1. The Balaban J connectivity index is 0.00000397. The molecule has 350 valence electrons. The quantitative estimate of drug-likeness (QED) is 0.0274. The fraction of sp³-hybridized carbons (Fsp3) is 0.469. The fourth-order valence-corrected chi connectivity index (χ4v) is 8.70. The van der Waals surface area contributed by atoms with E-state index in [1.165, 1.54) is 32.1 Å². The first-order valence-corrected chi connectivity index (χ1v) is 22.9. The Morgan fingerprint density at radius 1 is 0.785 bits per heavy atom. The van der Waals surface area contributed by atoms with E-state index in [0.29, 0.717) is 62.4 Å². The van der Waals surface area contributed by atoms with Crippen molar-refractivity contribution in [3.05, 3.63) is 96.6 Å². The van der Waals surface area contributed by atoms with Crippen molar-refractivity contribution in [3.63, 3.8) is 0 Å². The van der Waals surface area contributed by atoms with Gasteiger partial charge in [-0.2, -0.15) is 0 Å². The van der Waals surface area contributed by atoms with Gasteiger partial charge in [0.2, 0.25) is 5.91 Å². The molecule has 1 saturated carbocycles. The van der Waals surface area contributed by atoms with Crippen LogP contribution in [-0.4, -0.2) is 67.6 Å². The van der Waals surface area contributed by atoms with Gasteiger partial charge in [-0.25, -0.2) is 4.68 Å². The fourth-order valence-electron chi connectivity index (χ4n) is 8.70. The SMILES string of the molecule is CC(C)CCOc1ccc2ccccc2c1-c1c(OCc2cn([C@H](CCCN=C(N)N)C(=O)N[C@H](CCCCN)Cn3cc(CC4CCCCC4)nn3)nn2)ccc2ccccc12.Cl.Cl. The first-order valence-electron chi connectivity index (χ1n) is 22.9. The van der Waals surface area contributed by atoms with Crippen molar-refractivity contribution in [2.24, 2.45) is 34.0 Å². The Bertz CT molecular complexity index is 2430. The summed E-state index contributed by atoms with van der Waals surface area (Å²) in [6.07, 6.45) is 15.6. The van der Waals surface area contributed by atoms with E-state index in [4.69, 9.17) is 26.7 Å². The number of rotatable bonds is 23. The zero-order chi connectivity index (χ0) is 44.0. The largest absolute Gasteiger partial charge is 0.493 e. The minimum atomic E-state index is -0.674. The van der Waals surface area contributed by atoms with Crippen molar-refractivity contribution >= 4 is 58.2 Å². The van der Waals surface area contributed by atoms with Crippen LogP contribution in [0.1, 0.15) is 102 Å². The number of aromatic nitrogens is 6. The number of halogens is 2. The smallest absolute Gasteiger partial charge is 0.245 e. The van der Waals surface area contributed by atoms with Gasteiger partial charge in [-0.05, 0) is 90.6 Å². The number of benzene rings is 4. The molecule has 2 aromatic heterocycles. The molecule has 2 heterocycles. The zero-order valence-electron chi connectivity index (χ0n) is 37.8. The monoisotopic (exact) mass is 927 g/mol. The van der Waals surface area contributed by atoms with Crippen LogP contribution in [0.3, 0.4) is 0 Å². The van der Waals surface area contributed by atoms with Gasteiger partial charge in [-0.1, -0.05) is 123 Å². The van der Waals surface area contributed by atoms with E-state index in [9.17, 15) is 4.79 Å². The first-order chi connectivity index (χ1) is 30.7. The van der Waals surface area contributed by atoms with E-state index in [0.717, 1.165) is 76.2 Å². The average Bonchev–Trinajstić information content (AvgIpc) is 3.95. The highest BCUT2D eigenvalue weighted by atomic mass is 35.5. The van der Waals surface area contributed by atoms with Gasteiger partial charge in [-0.15, -0.1) is 35.0 Å². The molecular formula is C49H67Cl2N11O3. The van der Waals surface area contributed by atoms with Crippen LogP contribution in [-0.2, 0) is 24.4 Å². The Kier molecular flexibility index (Phi) is 19.7. The summed E-state index contributed by atoms with van der Waals surface area (Å²) in [7, 11) is 0. The van der Waals surface area contributed by atoms with Gasteiger partial charge in [0.25, 0.3) is 0 Å². The van der Waals surface area contributed by atoms with Gasteiger partial charge < -0.3 is 32.0 Å². The van der Waals surface area contributed by atoms with Gasteiger partial charge in [0.05, 0.1) is 25.0 Å². The molecule has 0 radical (unpaired) electrons. The molecule has 0 aliphatic heterocycles. The van der Waals surface area contributed by atoms with E-state index in [2.05, 4.69) is 99.4 Å². The summed E-state index contributed by atoms with van der Waals surface area (Å²) in [6.45, 7) is 6.59. The van der Waals surface area contributed by atoms with E-state index >= 15 is 0 Å². The van der Waals surface area contributed by atoms with Crippen molar-refractivity contribution in [3.8, 4) is 22.6 Å². The molecule has 1 aliphatic rings. The zero-order valence-corrected chi connectivity index (χ0v) is 39.4. The second-order valence-electron chi connectivity index (χ2n) is 17.4. The lowest BCUT2D eigenvalue weighted by molar-refractivity contribution is -0.125. The second-order valence-corrected chi connectivity index (χ2v) is 17.4. The standard InChI is InChI=1S/C49H65N11O3.2ClH/c1-34(2)25-28-62-44-23-21-36-15-6-8-18-41(36)46(44)47-42-19-9-7-16-37(42)22-24-45(47)63-33-40-32-60(58-56-40)43(20-12-27-53-49(51)52)48(61)54-38(17-10-11-26-50)30-59-31-39(55-57-59)29-35-13-4-3-5-14-35;;/h6-9,15-16,18-19,21-24,31-32,34-35,38,43H,3-5,10-14,17,20,25-30,33,50H2,1-2H3,(H,54,61)(H4,51,52,53);2*1H/t38-,43-;;/m1../s1. The summed E-state index contributed by atoms with van der Waals surface area (Å²) in [4.78, 5) is 18.5. The number of aliphatic imine (C=N–C) groups is 1. The van der Waals surface area contributed by atoms with Crippen LogP contribution in [0.2, 0.25) is 0 Å². The Morgan fingerprint density at radius 2 is 1.45 bits per heavy atom. The third kappa shape index (κ3) is 14.0. The number of nitrogens with two attached hydrogens (primary N) is 3. The summed E-state index contributed by atoms with van der Waals surface area (Å²) in [5, 5.41) is 25.6. The van der Waals surface area contributed by atoms with Gasteiger partial charge in [0.1, 0.15) is 29.8 Å².